The van der Waals surface area contributed by atoms with Gasteiger partial charge in [-0.1, -0.05) is 12.1 Å². The number of carbonyl (C=O) groups is 3. The first-order chi connectivity index (χ1) is 21.0. The molecule has 10 nitrogen and oxygen atoms in total. The van der Waals surface area contributed by atoms with Crippen LogP contribution in [0.25, 0.3) is 0 Å². The fourth-order valence-corrected chi connectivity index (χ4v) is 7.26. The molecule has 1 saturated carbocycles. The van der Waals surface area contributed by atoms with E-state index >= 15 is 8.78 Å². The first kappa shape index (κ1) is 30.3. The molecule has 3 unspecified atom stereocenters. The molecule has 1 aromatic carbocycles. The number of carboxylic acids is 1. The maximum Gasteiger partial charge on any atom is 0.338 e. The van der Waals surface area contributed by atoms with Crippen LogP contribution in [0.15, 0.2) is 46.0 Å². The fourth-order valence-electron chi connectivity index (χ4n) is 6.68. The fraction of sp³-hybridized carbons (Fsp3) is 0.500. The highest BCUT2D eigenvalue weighted by atomic mass is 32.1. The Kier molecular flexibility index (Phi) is 7.99. The zero-order valence-corrected chi connectivity index (χ0v) is 25.0. The van der Waals surface area contributed by atoms with Crippen LogP contribution >= 0.6 is 11.3 Å². The maximum absolute atomic E-state index is 15.5. The Morgan fingerprint density at radius 1 is 1.20 bits per heavy atom. The van der Waals surface area contributed by atoms with Crippen LogP contribution in [0.5, 0.6) is 0 Å². The van der Waals surface area contributed by atoms with Crippen LogP contribution in [0.1, 0.15) is 41.9 Å². The number of thiazole rings is 1. The van der Waals surface area contributed by atoms with Crippen molar-refractivity contribution >= 4 is 35.0 Å². The Labute approximate surface area is 255 Å². The summed E-state index contributed by atoms with van der Waals surface area (Å²) in [5.41, 5.74) is 1.11. The van der Waals surface area contributed by atoms with Gasteiger partial charge >= 0.3 is 11.9 Å². The molecule has 4 heterocycles. The molecule has 4 aliphatic rings. The number of aliphatic imine (C=N–C) groups is 1. The number of amides is 1. The molecule has 0 radical (unpaired) electrons. The van der Waals surface area contributed by atoms with E-state index in [-0.39, 0.29) is 50.6 Å². The number of benzene rings is 1. The predicted octanol–water partition coefficient (Wildman–Crippen LogP) is 3.39. The van der Waals surface area contributed by atoms with Crippen molar-refractivity contribution in [3.63, 3.8) is 0 Å². The Bertz CT molecular complexity index is 1540. The monoisotopic (exact) mass is 631 g/mol. The standard InChI is InChI=1S/C30H32F3N5O5S/c1-3-43-29(42)23-21(35-25(26-34-7-8-44-26)36-24(23)18-5-4-6-20(31)15(18)2)12-38-14-30(32,33)19-11-37(13-22(19)38)27(39)16-9-17(10-16)28(40)41/h4-8,16-17,19,22,24H,3,9-14H2,1-2H3,(H,35,36)(H,40,41). The van der Waals surface area contributed by atoms with E-state index in [1.807, 2.05) is 0 Å². The number of likely N-dealkylation sites (tertiary alicyclic amines) is 2. The van der Waals surface area contributed by atoms with Gasteiger partial charge in [0.05, 0.1) is 30.6 Å². The smallest absolute Gasteiger partial charge is 0.338 e. The van der Waals surface area contributed by atoms with Gasteiger partial charge in [-0.15, -0.1) is 11.3 Å². The second kappa shape index (κ2) is 11.6. The summed E-state index contributed by atoms with van der Waals surface area (Å²) in [7, 11) is 0. The number of hydrogen-bond donors (Lipinski definition) is 2. The van der Waals surface area contributed by atoms with Crippen molar-refractivity contribution in [2.45, 2.75) is 44.7 Å². The Morgan fingerprint density at radius 3 is 2.66 bits per heavy atom. The van der Waals surface area contributed by atoms with E-state index in [0.717, 1.165) is 0 Å². The minimum atomic E-state index is -3.10. The number of rotatable bonds is 8. The molecular formula is C30H32F3N5O5S. The number of halogens is 3. The van der Waals surface area contributed by atoms with E-state index in [0.29, 0.717) is 27.7 Å². The van der Waals surface area contributed by atoms with Crippen molar-refractivity contribution in [3.8, 4) is 0 Å². The van der Waals surface area contributed by atoms with Gasteiger partial charge in [0.1, 0.15) is 11.9 Å². The number of fused-ring (bicyclic) bond motifs is 1. The molecule has 2 N–H and O–H groups in total. The maximum atomic E-state index is 15.5. The summed E-state index contributed by atoms with van der Waals surface area (Å²) >= 11 is 1.30. The topological polar surface area (TPSA) is 124 Å². The van der Waals surface area contributed by atoms with Gasteiger partial charge in [0.25, 0.3) is 5.92 Å². The number of carbonyl (C=O) groups excluding carboxylic acids is 2. The molecule has 2 saturated heterocycles. The van der Waals surface area contributed by atoms with E-state index in [1.165, 1.54) is 28.4 Å². The van der Waals surface area contributed by atoms with Crippen molar-refractivity contribution in [2.24, 2.45) is 22.7 Å². The normalized spacial score (nSPS) is 27.8. The van der Waals surface area contributed by atoms with Crippen molar-refractivity contribution in [2.75, 3.05) is 32.8 Å². The highest BCUT2D eigenvalue weighted by Crippen LogP contribution is 2.45. The van der Waals surface area contributed by atoms with Crippen LogP contribution < -0.4 is 5.32 Å². The third kappa shape index (κ3) is 5.38. The lowest BCUT2D eigenvalue weighted by atomic mass is 9.74. The number of aliphatic carboxylic acids is 1. The quantitative estimate of drug-likeness (QED) is 0.425. The summed E-state index contributed by atoms with van der Waals surface area (Å²) in [4.78, 5) is 49.9. The number of amidine groups is 1. The average molecular weight is 632 g/mol. The molecule has 1 aliphatic carbocycles. The highest BCUT2D eigenvalue weighted by Gasteiger charge is 2.59. The first-order valence-corrected chi connectivity index (χ1v) is 15.4. The number of carboxylic acid groups (broad SMARTS) is 1. The molecule has 234 valence electrons. The molecule has 3 atom stereocenters. The lowest BCUT2D eigenvalue weighted by molar-refractivity contribution is -0.151. The van der Waals surface area contributed by atoms with Crippen LogP contribution in [-0.2, 0) is 19.1 Å². The number of alkyl halides is 2. The van der Waals surface area contributed by atoms with Gasteiger partial charge in [0.15, 0.2) is 10.8 Å². The zero-order valence-electron chi connectivity index (χ0n) is 24.1. The second-order valence-electron chi connectivity index (χ2n) is 11.7. The Balaban J connectivity index is 1.33. The van der Waals surface area contributed by atoms with Gasteiger partial charge in [0.2, 0.25) is 5.91 Å². The van der Waals surface area contributed by atoms with E-state index in [9.17, 15) is 23.9 Å². The molecule has 6 rings (SSSR count). The van der Waals surface area contributed by atoms with E-state index in [1.54, 1.807) is 36.4 Å². The minimum absolute atomic E-state index is 0.0565. The van der Waals surface area contributed by atoms with Gasteiger partial charge in [-0.05, 0) is 43.9 Å². The lowest BCUT2D eigenvalue weighted by Crippen LogP contribution is -2.46. The molecule has 3 aliphatic heterocycles. The number of nitrogens with zero attached hydrogens (tertiary/aromatic N) is 4. The van der Waals surface area contributed by atoms with Gasteiger partial charge in [-0.25, -0.2) is 22.9 Å². The predicted molar refractivity (Wildman–Crippen MR) is 154 cm³/mol. The summed E-state index contributed by atoms with van der Waals surface area (Å²) in [6, 6.07) is 2.83. The van der Waals surface area contributed by atoms with E-state index < -0.39 is 60.1 Å². The van der Waals surface area contributed by atoms with E-state index in [2.05, 4.69) is 10.3 Å². The third-order valence-electron chi connectivity index (χ3n) is 9.08. The summed E-state index contributed by atoms with van der Waals surface area (Å²) < 4.78 is 51.0. The van der Waals surface area contributed by atoms with Gasteiger partial charge in [0, 0.05) is 48.9 Å². The zero-order chi connectivity index (χ0) is 31.3. The van der Waals surface area contributed by atoms with Crippen LogP contribution in [0.3, 0.4) is 0 Å². The highest BCUT2D eigenvalue weighted by molar-refractivity contribution is 7.11. The molecular weight excluding hydrogens is 599 g/mol. The minimum Gasteiger partial charge on any atom is -0.481 e. The van der Waals surface area contributed by atoms with Crippen LogP contribution in [0.2, 0.25) is 0 Å². The first-order valence-electron chi connectivity index (χ1n) is 14.5. The number of ether oxygens (including phenoxy) is 1. The van der Waals surface area contributed by atoms with Crippen LogP contribution in [-0.4, -0.2) is 88.3 Å². The third-order valence-corrected chi connectivity index (χ3v) is 9.86. The Morgan fingerprint density at radius 2 is 1.98 bits per heavy atom. The molecule has 14 heteroatoms. The van der Waals surface area contributed by atoms with Crippen molar-refractivity contribution in [3.05, 3.63) is 63.0 Å². The molecule has 44 heavy (non-hydrogen) atoms. The molecule has 1 aromatic heterocycles. The van der Waals surface area contributed by atoms with Gasteiger partial charge in [-0.3, -0.25) is 19.5 Å². The SMILES string of the molecule is CCOC(=O)C1=C(CN2CC(F)(F)C3CN(C(=O)C4CC(C(=O)O)C4)CC32)NC(c2nccs2)=NC1c1cccc(F)c1C. The summed E-state index contributed by atoms with van der Waals surface area (Å²) in [5.74, 6) is -7.40. The summed E-state index contributed by atoms with van der Waals surface area (Å²) in [5, 5.41) is 14.6. The molecule has 1 amide bonds. The number of hydrogen-bond acceptors (Lipinski definition) is 9. The van der Waals surface area contributed by atoms with Crippen molar-refractivity contribution in [1.82, 2.24) is 20.1 Å². The largest absolute Gasteiger partial charge is 0.481 e. The number of esters is 1. The van der Waals surface area contributed by atoms with Crippen molar-refractivity contribution in [1.29, 1.82) is 0 Å². The molecule has 2 aromatic rings. The van der Waals surface area contributed by atoms with Crippen molar-refractivity contribution < 1.29 is 37.4 Å². The van der Waals surface area contributed by atoms with Gasteiger partial charge in [-0.2, -0.15) is 0 Å². The Hall–Kier alpha value is -3.78. The number of nitrogens with one attached hydrogen (secondary N) is 1. The summed E-state index contributed by atoms with van der Waals surface area (Å²) in [6.45, 7) is 2.55. The summed E-state index contributed by atoms with van der Waals surface area (Å²) in [6.07, 6.45) is 2.01. The van der Waals surface area contributed by atoms with Crippen LogP contribution in [0.4, 0.5) is 13.2 Å². The number of aromatic nitrogens is 1. The average Bonchev–Trinajstić information content (AvgIpc) is 3.68. The lowest BCUT2D eigenvalue weighted by Gasteiger charge is -2.35. The second-order valence-corrected chi connectivity index (χ2v) is 12.6. The molecule has 3 fully saturated rings. The van der Waals surface area contributed by atoms with Gasteiger partial charge < -0.3 is 20.1 Å². The molecule has 0 spiro atoms. The van der Waals surface area contributed by atoms with E-state index in [4.69, 9.17) is 9.73 Å². The van der Waals surface area contributed by atoms with Crippen LogP contribution in [0, 0.1) is 30.5 Å². The molecule has 0 bridgehead atoms.